The van der Waals surface area contributed by atoms with E-state index in [4.69, 9.17) is 0 Å². The van der Waals surface area contributed by atoms with Crippen LogP contribution in [-0.4, -0.2) is 32.1 Å². The van der Waals surface area contributed by atoms with Gasteiger partial charge in [-0.25, -0.2) is 4.39 Å². The first-order valence-corrected chi connectivity index (χ1v) is 7.64. The molecule has 1 fully saturated rings. The van der Waals surface area contributed by atoms with E-state index in [1.165, 1.54) is 0 Å². The van der Waals surface area contributed by atoms with Crippen LogP contribution in [0.3, 0.4) is 0 Å². The number of carbonyl (C=O) groups is 1. The lowest BCUT2D eigenvalue weighted by molar-refractivity contribution is -0.121. The van der Waals surface area contributed by atoms with E-state index in [0.717, 1.165) is 37.9 Å². The van der Waals surface area contributed by atoms with Gasteiger partial charge in [0, 0.05) is 20.1 Å². The Hall–Kier alpha value is -1.62. The summed E-state index contributed by atoms with van der Waals surface area (Å²) in [5.74, 6) is -0.290. The molecule has 1 amide bonds. The molecule has 4 nitrogen and oxygen atoms in total. The summed E-state index contributed by atoms with van der Waals surface area (Å²) in [6.45, 7) is 4.42. The Balaban J connectivity index is 2.11. The summed E-state index contributed by atoms with van der Waals surface area (Å²) in [7, 11) is 1.62. The molecule has 1 aliphatic heterocycles. The maximum atomic E-state index is 14.4. The summed E-state index contributed by atoms with van der Waals surface area (Å²) >= 11 is 0. The fraction of sp³-hybridized carbons (Fsp3) is 0.562. The molecule has 1 aromatic carbocycles. The minimum Gasteiger partial charge on any atom is -0.357 e. The van der Waals surface area contributed by atoms with Crippen LogP contribution < -0.4 is 15.5 Å². The van der Waals surface area contributed by atoms with E-state index in [0.29, 0.717) is 12.2 Å². The standard InChI is InChI=1S/C16H24FN3O/c1-3-8-19-11-12-6-7-14(13(17)10-12)20-9-4-5-15(20)16(21)18-2/h6-7,10,15,19H,3-5,8-9,11H2,1-2H3,(H,18,21). The van der Waals surface area contributed by atoms with E-state index in [1.807, 2.05) is 11.0 Å². The van der Waals surface area contributed by atoms with Crippen molar-refractivity contribution in [2.45, 2.75) is 38.8 Å². The SMILES string of the molecule is CCCNCc1ccc(N2CCCC2C(=O)NC)c(F)c1. The number of nitrogens with zero attached hydrogens (tertiary/aromatic N) is 1. The van der Waals surface area contributed by atoms with Crippen LogP contribution in [0.4, 0.5) is 10.1 Å². The third-order valence-electron chi connectivity index (χ3n) is 3.88. The molecule has 116 valence electrons. The van der Waals surface area contributed by atoms with Gasteiger partial charge in [-0.2, -0.15) is 0 Å². The monoisotopic (exact) mass is 293 g/mol. The molecule has 1 aliphatic rings. The van der Waals surface area contributed by atoms with Gasteiger partial charge in [0.2, 0.25) is 5.91 Å². The van der Waals surface area contributed by atoms with Gasteiger partial charge in [0.25, 0.3) is 0 Å². The van der Waals surface area contributed by atoms with E-state index in [2.05, 4.69) is 17.6 Å². The first kappa shape index (κ1) is 15.8. The Morgan fingerprint density at radius 3 is 2.95 bits per heavy atom. The van der Waals surface area contributed by atoms with Gasteiger partial charge in [0.15, 0.2) is 0 Å². The van der Waals surface area contributed by atoms with Crippen molar-refractivity contribution in [3.63, 3.8) is 0 Å². The zero-order valence-corrected chi connectivity index (χ0v) is 12.8. The first-order valence-electron chi connectivity index (χ1n) is 7.64. The van der Waals surface area contributed by atoms with Crippen LogP contribution in [0.25, 0.3) is 0 Å². The van der Waals surface area contributed by atoms with Crippen LogP contribution in [0, 0.1) is 5.82 Å². The third kappa shape index (κ3) is 3.73. The molecule has 5 heteroatoms. The number of halogens is 1. The van der Waals surface area contributed by atoms with Crippen molar-refractivity contribution in [1.29, 1.82) is 0 Å². The number of amides is 1. The van der Waals surface area contributed by atoms with Crippen LogP contribution in [0.1, 0.15) is 31.7 Å². The number of carbonyl (C=O) groups excluding carboxylic acids is 1. The molecule has 0 radical (unpaired) electrons. The Bertz CT molecular complexity index is 492. The van der Waals surface area contributed by atoms with E-state index in [-0.39, 0.29) is 17.8 Å². The fourth-order valence-corrected chi connectivity index (χ4v) is 2.80. The van der Waals surface area contributed by atoms with Crippen molar-refractivity contribution in [3.05, 3.63) is 29.6 Å². The number of hydrogen-bond acceptors (Lipinski definition) is 3. The van der Waals surface area contributed by atoms with Gasteiger partial charge in [-0.3, -0.25) is 4.79 Å². The van der Waals surface area contributed by atoms with Crippen molar-refractivity contribution in [1.82, 2.24) is 10.6 Å². The Labute approximate surface area is 125 Å². The fourth-order valence-electron chi connectivity index (χ4n) is 2.80. The molecular weight excluding hydrogens is 269 g/mol. The van der Waals surface area contributed by atoms with Crippen LogP contribution in [-0.2, 0) is 11.3 Å². The van der Waals surface area contributed by atoms with Gasteiger partial charge in [-0.15, -0.1) is 0 Å². The lowest BCUT2D eigenvalue weighted by Gasteiger charge is -2.26. The van der Waals surface area contributed by atoms with Gasteiger partial charge in [-0.05, 0) is 43.5 Å². The lowest BCUT2D eigenvalue weighted by Crippen LogP contribution is -2.42. The molecule has 1 aromatic rings. The second-order valence-electron chi connectivity index (χ2n) is 5.43. The Kier molecular flexibility index (Phi) is 5.56. The lowest BCUT2D eigenvalue weighted by atomic mass is 10.1. The predicted octanol–water partition coefficient (Wildman–Crippen LogP) is 2.04. The smallest absolute Gasteiger partial charge is 0.242 e. The van der Waals surface area contributed by atoms with E-state index in [9.17, 15) is 9.18 Å². The Morgan fingerprint density at radius 2 is 2.29 bits per heavy atom. The summed E-state index contributed by atoms with van der Waals surface area (Å²) in [4.78, 5) is 13.7. The average Bonchev–Trinajstić information content (AvgIpc) is 2.96. The molecule has 0 spiro atoms. The summed E-state index contributed by atoms with van der Waals surface area (Å²) in [6.07, 6.45) is 2.75. The molecule has 0 aromatic heterocycles. The highest BCUT2D eigenvalue weighted by Gasteiger charge is 2.31. The van der Waals surface area contributed by atoms with Crippen LogP contribution in [0.5, 0.6) is 0 Å². The maximum Gasteiger partial charge on any atom is 0.242 e. The van der Waals surface area contributed by atoms with Crippen molar-refractivity contribution in [2.75, 3.05) is 25.0 Å². The molecule has 1 unspecified atom stereocenters. The Morgan fingerprint density at radius 1 is 1.48 bits per heavy atom. The predicted molar refractivity (Wildman–Crippen MR) is 82.8 cm³/mol. The van der Waals surface area contributed by atoms with Crippen molar-refractivity contribution >= 4 is 11.6 Å². The van der Waals surface area contributed by atoms with Crippen molar-refractivity contribution in [2.24, 2.45) is 0 Å². The molecule has 21 heavy (non-hydrogen) atoms. The van der Waals surface area contributed by atoms with Crippen molar-refractivity contribution < 1.29 is 9.18 Å². The zero-order chi connectivity index (χ0) is 15.2. The zero-order valence-electron chi connectivity index (χ0n) is 12.8. The maximum absolute atomic E-state index is 14.4. The molecule has 1 saturated heterocycles. The van der Waals surface area contributed by atoms with Crippen LogP contribution >= 0.6 is 0 Å². The largest absolute Gasteiger partial charge is 0.357 e. The summed E-state index contributed by atoms with van der Waals surface area (Å²) in [5.41, 5.74) is 1.46. The second-order valence-corrected chi connectivity index (χ2v) is 5.43. The molecule has 1 heterocycles. The van der Waals surface area contributed by atoms with Crippen LogP contribution in [0.15, 0.2) is 18.2 Å². The van der Waals surface area contributed by atoms with Gasteiger partial charge in [0.1, 0.15) is 11.9 Å². The molecule has 0 saturated carbocycles. The van der Waals surface area contributed by atoms with Gasteiger partial charge in [0.05, 0.1) is 5.69 Å². The van der Waals surface area contributed by atoms with Crippen LogP contribution in [0.2, 0.25) is 0 Å². The number of nitrogens with one attached hydrogen (secondary N) is 2. The van der Waals surface area contributed by atoms with E-state index >= 15 is 0 Å². The molecule has 2 N–H and O–H groups in total. The number of anilines is 1. The topological polar surface area (TPSA) is 44.4 Å². The summed E-state index contributed by atoms with van der Waals surface area (Å²) < 4.78 is 14.4. The van der Waals surface area contributed by atoms with Gasteiger partial charge in [-0.1, -0.05) is 13.0 Å². The second kappa shape index (κ2) is 7.41. The van der Waals surface area contributed by atoms with Gasteiger partial charge < -0.3 is 15.5 Å². The number of benzene rings is 1. The highest BCUT2D eigenvalue weighted by atomic mass is 19.1. The highest BCUT2D eigenvalue weighted by molar-refractivity contribution is 5.85. The quantitative estimate of drug-likeness (QED) is 0.789. The molecule has 0 bridgehead atoms. The molecular formula is C16H24FN3O. The number of hydrogen-bond donors (Lipinski definition) is 2. The van der Waals surface area contributed by atoms with Crippen molar-refractivity contribution in [3.8, 4) is 0 Å². The normalized spacial score (nSPS) is 18.0. The first-order chi connectivity index (χ1) is 10.2. The average molecular weight is 293 g/mol. The minimum atomic E-state index is -0.256. The van der Waals surface area contributed by atoms with E-state index in [1.54, 1.807) is 19.2 Å². The number of likely N-dealkylation sites (N-methyl/N-ethyl adjacent to an activating group) is 1. The highest BCUT2D eigenvalue weighted by Crippen LogP contribution is 2.28. The summed E-state index contributed by atoms with van der Waals surface area (Å²) in [5, 5.41) is 5.92. The third-order valence-corrected chi connectivity index (χ3v) is 3.88. The van der Waals surface area contributed by atoms with Gasteiger partial charge >= 0.3 is 0 Å². The minimum absolute atomic E-state index is 0.0411. The molecule has 1 atom stereocenters. The molecule has 2 rings (SSSR count). The number of rotatable bonds is 6. The molecule has 0 aliphatic carbocycles. The summed E-state index contributed by atoms with van der Waals surface area (Å²) in [6, 6.07) is 5.03. The van der Waals surface area contributed by atoms with E-state index < -0.39 is 0 Å².